The molecule has 1 fully saturated rings. The lowest BCUT2D eigenvalue weighted by atomic mass is 10.3. The van der Waals surface area contributed by atoms with Crippen LogP contribution in [0, 0.1) is 0 Å². The van der Waals surface area contributed by atoms with Crippen LogP contribution in [-0.4, -0.2) is 46.2 Å². The van der Waals surface area contributed by atoms with Gasteiger partial charge in [0.15, 0.2) is 0 Å². The molecule has 1 rings (SSSR count). The van der Waals surface area contributed by atoms with Crippen LogP contribution in [0.1, 0.15) is 12.8 Å². The molecule has 0 aromatic rings. The van der Waals surface area contributed by atoms with Gasteiger partial charge in [-0.15, -0.1) is 0 Å². The highest BCUT2D eigenvalue weighted by Gasteiger charge is 2.29. The van der Waals surface area contributed by atoms with Crippen LogP contribution in [0.4, 0.5) is 0 Å². The SMILES string of the molecule is O=C1CCC(=O)N1CC(O)CO. The van der Waals surface area contributed by atoms with Crippen LogP contribution in [0.3, 0.4) is 0 Å². The van der Waals surface area contributed by atoms with Crippen LogP contribution in [0.2, 0.25) is 0 Å². The predicted molar refractivity (Wildman–Crippen MR) is 39.0 cm³/mol. The van der Waals surface area contributed by atoms with Gasteiger partial charge in [0.2, 0.25) is 11.8 Å². The molecule has 0 radical (unpaired) electrons. The number of aliphatic hydroxyl groups is 2. The summed E-state index contributed by atoms with van der Waals surface area (Å²) in [4.78, 5) is 22.9. The minimum Gasteiger partial charge on any atom is -0.394 e. The molecule has 1 atom stereocenters. The quantitative estimate of drug-likeness (QED) is 0.508. The van der Waals surface area contributed by atoms with E-state index in [0.717, 1.165) is 4.90 Å². The number of hydrogen-bond donors (Lipinski definition) is 2. The maximum atomic E-state index is 10.9. The van der Waals surface area contributed by atoms with E-state index in [1.165, 1.54) is 0 Å². The van der Waals surface area contributed by atoms with Crippen molar-refractivity contribution >= 4 is 11.8 Å². The fourth-order valence-electron chi connectivity index (χ4n) is 1.09. The van der Waals surface area contributed by atoms with Gasteiger partial charge in [-0.3, -0.25) is 14.5 Å². The van der Waals surface area contributed by atoms with Gasteiger partial charge in [-0.1, -0.05) is 0 Å². The number of β-amino-alcohol motifs (C(OH)–C–C–N with tert-alkyl or cyclic N) is 1. The van der Waals surface area contributed by atoms with Crippen molar-refractivity contribution in [3.8, 4) is 0 Å². The molecule has 0 spiro atoms. The Morgan fingerprint density at radius 3 is 2.25 bits per heavy atom. The van der Waals surface area contributed by atoms with Gasteiger partial charge < -0.3 is 10.2 Å². The largest absolute Gasteiger partial charge is 0.394 e. The summed E-state index contributed by atoms with van der Waals surface area (Å²) in [7, 11) is 0. The summed E-state index contributed by atoms with van der Waals surface area (Å²) in [5.41, 5.74) is 0. The van der Waals surface area contributed by atoms with E-state index < -0.39 is 12.7 Å². The van der Waals surface area contributed by atoms with Crippen molar-refractivity contribution < 1.29 is 19.8 Å². The number of amides is 2. The molecule has 0 bridgehead atoms. The predicted octanol–water partition coefficient (Wildman–Crippen LogP) is -1.51. The van der Waals surface area contributed by atoms with Crippen molar-refractivity contribution in [2.75, 3.05) is 13.2 Å². The summed E-state index contributed by atoms with van der Waals surface area (Å²) in [5, 5.41) is 17.4. The standard InChI is InChI=1S/C7H11NO4/c9-4-5(10)3-8-6(11)1-2-7(8)12/h5,9-10H,1-4H2. The van der Waals surface area contributed by atoms with Crippen LogP contribution in [0.5, 0.6) is 0 Å². The number of carbonyl (C=O) groups is 2. The number of likely N-dealkylation sites (tertiary alicyclic amines) is 1. The summed E-state index contributed by atoms with van der Waals surface area (Å²) >= 11 is 0. The Balaban J connectivity index is 2.50. The minimum absolute atomic E-state index is 0.0891. The van der Waals surface area contributed by atoms with Crippen molar-refractivity contribution in [3.05, 3.63) is 0 Å². The topological polar surface area (TPSA) is 77.8 Å². The number of aliphatic hydroxyl groups excluding tert-OH is 2. The molecule has 2 N–H and O–H groups in total. The van der Waals surface area contributed by atoms with E-state index in [1.54, 1.807) is 0 Å². The molecule has 12 heavy (non-hydrogen) atoms. The van der Waals surface area contributed by atoms with Crippen LogP contribution < -0.4 is 0 Å². The van der Waals surface area contributed by atoms with E-state index in [2.05, 4.69) is 0 Å². The van der Waals surface area contributed by atoms with Crippen LogP contribution in [0.15, 0.2) is 0 Å². The normalized spacial score (nSPS) is 20.3. The molecule has 0 aromatic carbocycles. The third kappa shape index (κ3) is 1.80. The first-order valence-corrected chi connectivity index (χ1v) is 3.77. The van der Waals surface area contributed by atoms with Gasteiger partial charge >= 0.3 is 0 Å². The molecule has 0 aromatic heterocycles. The van der Waals surface area contributed by atoms with E-state index in [9.17, 15) is 9.59 Å². The summed E-state index contributed by atoms with van der Waals surface area (Å²) in [6, 6.07) is 0. The van der Waals surface area contributed by atoms with Crippen molar-refractivity contribution in [3.63, 3.8) is 0 Å². The Kier molecular flexibility index (Phi) is 2.78. The van der Waals surface area contributed by atoms with Crippen LogP contribution in [-0.2, 0) is 9.59 Å². The number of hydrogen-bond acceptors (Lipinski definition) is 4. The summed E-state index contributed by atoms with van der Waals surface area (Å²) in [5.74, 6) is -0.542. The number of carbonyl (C=O) groups excluding carboxylic acids is 2. The molecule has 1 heterocycles. The molecule has 68 valence electrons. The lowest BCUT2D eigenvalue weighted by Gasteiger charge is -2.16. The molecule has 2 amide bonds. The monoisotopic (exact) mass is 173 g/mol. The number of rotatable bonds is 3. The van der Waals surface area contributed by atoms with Gasteiger partial charge in [0.1, 0.15) is 0 Å². The summed E-state index contributed by atoms with van der Waals surface area (Å²) in [6.45, 7) is -0.523. The fraction of sp³-hybridized carbons (Fsp3) is 0.714. The first-order valence-electron chi connectivity index (χ1n) is 3.77. The molecule has 5 nitrogen and oxygen atoms in total. The first kappa shape index (κ1) is 9.15. The average Bonchev–Trinajstić information content (AvgIpc) is 2.35. The smallest absolute Gasteiger partial charge is 0.229 e. The molecular formula is C7H11NO4. The zero-order valence-electron chi connectivity index (χ0n) is 6.56. The second-order valence-electron chi connectivity index (χ2n) is 2.73. The van der Waals surface area contributed by atoms with Crippen molar-refractivity contribution in [1.29, 1.82) is 0 Å². The lowest BCUT2D eigenvalue weighted by molar-refractivity contribution is -0.140. The maximum absolute atomic E-state index is 10.9. The second kappa shape index (κ2) is 3.64. The Hall–Kier alpha value is -0.940. The van der Waals surface area contributed by atoms with E-state index in [1.807, 2.05) is 0 Å². The van der Waals surface area contributed by atoms with E-state index in [0.29, 0.717) is 0 Å². The molecule has 1 saturated heterocycles. The molecular weight excluding hydrogens is 162 g/mol. The van der Waals surface area contributed by atoms with Gasteiger partial charge in [-0.25, -0.2) is 0 Å². The third-order valence-corrected chi connectivity index (χ3v) is 1.76. The van der Waals surface area contributed by atoms with E-state index in [-0.39, 0.29) is 31.2 Å². The lowest BCUT2D eigenvalue weighted by Crippen LogP contribution is -2.37. The van der Waals surface area contributed by atoms with Gasteiger partial charge in [-0.2, -0.15) is 0 Å². The fourth-order valence-corrected chi connectivity index (χ4v) is 1.09. The highest BCUT2D eigenvalue weighted by Crippen LogP contribution is 2.11. The average molecular weight is 173 g/mol. The highest BCUT2D eigenvalue weighted by atomic mass is 16.3. The van der Waals surface area contributed by atoms with Crippen molar-refractivity contribution in [2.24, 2.45) is 0 Å². The Morgan fingerprint density at radius 2 is 1.83 bits per heavy atom. The van der Waals surface area contributed by atoms with Crippen molar-refractivity contribution in [1.82, 2.24) is 4.90 Å². The maximum Gasteiger partial charge on any atom is 0.229 e. The summed E-state index contributed by atoms with van der Waals surface area (Å²) < 4.78 is 0. The third-order valence-electron chi connectivity index (χ3n) is 1.76. The van der Waals surface area contributed by atoms with Gasteiger partial charge in [0.25, 0.3) is 0 Å². The zero-order valence-corrected chi connectivity index (χ0v) is 6.56. The molecule has 1 aliphatic heterocycles. The Morgan fingerprint density at radius 1 is 1.33 bits per heavy atom. The number of nitrogens with zero attached hydrogens (tertiary/aromatic N) is 1. The molecule has 5 heteroatoms. The Labute approximate surface area is 69.6 Å². The Bertz CT molecular complexity index is 188. The van der Waals surface area contributed by atoms with Crippen molar-refractivity contribution in [2.45, 2.75) is 18.9 Å². The van der Waals surface area contributed by atoms with Crippen LogP contribution >= 0.6 is 0 Å². The van der Waals surface area contributed by atoms with E-state index >= 15 is 0 Å². The van der Waals surface area contributed by atoms with Crippen LogP contribution in [0.25, 0.3) is 0 Å². The summed E-state index contributed by atoms with van der Waals surface area (Å²) in [6.07, 6.45) is -0.579. The molecule has 0 aliphatic carbocycles. The van der Waals surface area contributed by atoms with Gasteiger partial charge in [0.05, 0.1) is 19.3 Å². The second-order valence-corrected chi connectivity index (χ2v) is 2.73. The first-order chi connectivity index (χ1) is 5.65. The van der Waals surface area contributed by atoms with Gasteiger partial charge in [0, 0.05) is 12.8 Å². The molecule has 1 unspecified atom stereocenters. The van der Waals surface area contributed by atoms with E-state index in [4.69, 9.17) is 10.2 Å². The highest BCUT2D eigenvalue weighted by molar-refractivity contribution is 6.01. The number of imide groups is 1. The zero-order chi connectivity index (χ0) is 9.14. The van der Waals surface area contributed by atoms with Gasteiger partial charge in [-0.05, 0) is 0 Å². The molecule has 0 saturated carbocycles. The molecule has 1 aliphatic rings. The minimum atomic E-state index is -1.02.